The van der Waals surface area contributed by atoms with Gasteiger partial charge in [-0.05, 0) is 36.7 Å². The fourth-order valence-corrected chi connectivity index (χ4v) is 3.79. The second kappa shape index (κ2) is 6.17. The minimum atomic E-state index is 0.176. The highest BCUT2D eigenvalue weighted by Gasteiger charge is 2.44. The Labute approximate surface area is 125 Å². The van der Waals surface area contributed by atoms with Gasteiger partial charge in [-0.3, -0.25) is 4.79 Å². The molecule has 1 aromatic carbocycles. The number of nitrogens with one attached hydrogen (secondary N) is 1. The van der Waals surface area contributed by atoms with Gasteiger partial charge in [0.15, 0.2) is 0 Å². The molecule has 4 unspecified atom stereocenters. The SMILES string of the molecule is O=C(NC1CCCCC1CCl)C1CC1c1ccccc1. The van der Waals surface area contributed by atoms with E-state index in [1.807, 2.05) is 18.2 Å². The molecule has 4 atom stereocenters. The number of hydrogen-bond donors (Lipinski definition) is 1. The Morgan fingerprint density at radius 1 is 1.20 bits per heavy atom. The van der Waals surface area contributed by atoms with Crippen molar-refractivity contribution < 1.29 is 4.79 Å². The van der Waals surface area contributed by atoms with Crippen molar-refractivity contribution in [3.63, 3.8) is 0 Å². The van der Waals surface area contributed by atoms with Crippen molar-refractivity contribution in [3.8, 4) is 0 Å². The summed E-state index contributed by atoms with van der Waals surface area (Å²) in [7, 11) is 0. The van der Waals surface area contributed by atoms with Gasteiger partial charge in [-0.15, -0.1) is 11.6 Å². The number of carbonyl (C=O) groups is 1. The van der Waals surface area contributed by atoms with Crippen molar-refractivity contribution in [2.45, 2.75) is 44.1 Å². The van der Waals surface area contributed by atoms with Crippen molar-refractivity contribution in [3.05, 3.63) is 35.9 Å². The summed E-state index contributed by atoms with van der Waals surface area (Å²) in [5.41, 5.74) is 1.30. The van der Waals surface area contributed by atoms with E-state index in [0.717, 1.165) is 19.3 Å². The van der Waals surface area contributed by atoms with Crippen LogP contribution in [0.4, 0.5) is 0 Å². The number of halogens is 1. The molecule has 2 saturated carbocycles. The first-order valence-electron chi connectivity index (χ1n) is 7.71. The van der Waals surface area contributed by atoms with Crippen LogP contribution in [0, 0.1) is 11.8 Å². The molecule has 1 aromatic rings. The molecule has 2 nitrogen and oxygen atoms in total. The first kappa shape index (κ1) is 13.9. The first-order valence-corrected chi connectivity index (χ1v) is 8.24. The predicted molar refractivity (Wildman–Crippen MR) is 81.9 cm³/mol. The van der Waals surface area contributed by atoms with E-state index in [1.54, 1.807) is 0 Å². The highest BCUT2D eigenvalue weighted by Crippen LogP contribution is 2.47. The Balaban J connectivity index is 1.56. The molecule has 2 fully saturated rings. The Hall–Kier alpha value is -1.02. The quantitative estimate of drug-likeness (QED) is 0.842. The zero-order chi connectivity index (χ0) is 13.9. The summed E-state index contributed by atoms with van der Waals surface area (Å²) >= 11 is 6.03. The van der Waals surface area contributed by atoms with Gasteiger partial charge in [0.1, 0.15) is 0 Å². The Morgan fingerprint density at radius 2 is 1.95 bits per heavy atom. The topological polar surface area (TPSA) is 29.1 Å². The summed E-state index contributed by atoms with van der Waals surface area (Å²) in [6, 6.07) is 10.7. The lowest BCUT2D eigenvalue weighted by Crippen LogP contribution is -2.43. The first-order chi connectivity index (χ1) is 9.79. The van der Waals surface area contributed by atoms with Gasteiger partial charge in [-0.1, -0.05) is 43.2 Å². The van der Waals surface area contributed by atoms with Crippen LogP contribution >= 0.6 is 11.6 Å². The molecule has 0 heterocycles. The molecule has 0 spiro atoms. The smallest absolute Gasteiger partial charge is 0.223 e. The lowest BCUT2D eigenvalue weighted by atomic mass is 9.85. The second-order valence-corrected chi connectivity index (χ2v) is 6.48. The maximum atomic E-state index is 12.4. The summed E-state index contributed by atoms with van der Waals surface area (Å²) in [6.07, 6.45) is 5.70. The van der Waals surface area contributed by atoms with Gasteiger partial charge in [-0.25, -0.2) is 0 Å². The Bertz CT molecular complexity index is 461. The van der Waals surface area contributed by atoms with Crippen molar-refractivity contribution >= 4 is 17.5 Å². The fourth-order valence-electron chi connectivity index (χ4n) is 3.43. The second-order valence-electron chi connectivity index (χ2n) is 6.17. The van der Waals surface area contributed by atoms with Crippen molar-refractivity contribution in [2.75, 3.05) is 5.88 Å². The molecule has 2 aliphatic carbocycles. The van der Waals surface area contributed by atoms with E-state index < -0.39 is 0 Å². The van der Waals surface area contributed by atoms with Gasteiger partial charge < -0.3 is 5.32 Å². The fraction of sp³-hybridized carbons (Fsp3) is 0.588. The van der Waals surface area contributed by atoms with Crippen LogP contribution in [0.3, 0.4) is 0 Å². The molecule has 1 amide bonds. The van der Waals surface area contributed by atoms with Crippen LogP contribution in [-0.4, -0.2) is 17.8 Å². The van der Waals surface area contributed by atoms with Crippen LogP contribution in [-0.2, 0) is 4.79 Å². The predicted octanol–water partition coefficient (Wildman–Crippen LogP) is 3.70. The largest absolute Gasteiger partial charge is 0.353 e. The van der Waals surface area contributed by atoms with Crippen molar-refractivity contribution in [2.24, 2.45) is 11.8 Å². The molecule has 108 valence electrons. The molecule has 0 aliphatic heterocycles. The van der Waals surface area contributed by atoms with Crippen LogP contribution in [0.15, 0.2) is 30.3 Å². The third-order valence-corrected chi connectivity index (χ3v) is 5.19. The highest BCUT2D eigenvalue weighted by molar-refractivity contribution is 6.18. The Morgan fingerprint density at radius 3 is 2.70 bits per heavy atom. The van der Waals surface area contributed by atoms with Crippen LogP contribution in [0.1, 0.15) is 43.6 Å². The molecule has 2 aliphatic rings. The molecular formula is C17H22ClNO. The number of alkyl halides is 1. The monoisotopic (exact) mass is 291 g/mol. The molecule has 0 bridgehead atoms. The number of benzene rings is 1. The third-order valence-electron chi connectivity index (χ3n) is 4.79. The average Bonchev–Trinajstić information content (AvgIpc) is 3.29. The van der Waals surface area contributed by atoms with Crippen LogP contribution < -0.4 is 5.32 Å². The summed E-state index contributed by atoms with van der Waals surface area (Å²) in [6.45, 7) is 0. The maximum Gasteiger partial charge on any atom is 0.223 e. The molecule has 0 saturated heterocycles. The molecule has 3 heteroatoms. The zero-order valence-electron chi connectivity index (χ0n) is 11.7. The van der Waals surface area contributed by atoms with Crippen molar-refractivity contribution in [1.82, 2.24) is 5.32 Å². The Kier molecular flexibility index (Phi) is 4.30. The van der Waals surface area contributed by atoms with E-state index in [2.05, 4.69) is 17.4 Å². The molecule has 3 rings (SSSR count). The normalized spacial score (nSPS) is 32.6. The van der Waals surface area contributed by atoms with E-state index in [9.17, 15) is 4.79 Å². The minimum Gasteiger partial charge on any atom is -0.353 e. The number of carbonyl (C=O) groups excluding carboxylic acids is 1. The number of amides is 1. The van der Waals surface area contributed by atoms with Crippen LogP contribution in [0.25, 0.3) is 0 Å². The van der Waals surface area contributed by atoms with Crippen LogP contribution in [0.5, 0.6) is 0 Å². The van der Waals surface area contributed by atoms with Gasteiger partial charge in [0.25, 0.3) is 0 Å². The lowest BCUT2D eigenvalue weighted by Gasteiger charge is -2.30. The molecule has 0 radical (unpaired) electrons. The molecule has 1 N–H and O–H groups in total. The van der Waals surface area contributed by atoms with Gasteiger partial charge in [0.05, 0.1) is 0 Å². The zero-order valence-corrected chi connectivity index (χ0v) is 12.5. The molecular weight excluding hydrogens is 270 g/mol. The summed E-state index contributed by atoms with van der Waals surface area (Å²) in [5, 5.41) is 3.26. The van der Waals surface area contributed by atoms with E-state index in [0.29, 0.717) is 23.8 Å². The minimum absolute atomic E-state index is 0.176. The molecule has 0 aromatic heterocycles. The van der Waals surface area contributed by atoms with E-state index >= 15 is 0 Å². The maximum absolute atomic E-state index is 12.4. The number of rotatable bonds is 4. The lowest BCUT2D eigenvalue weighted by molar-refractivity contribution is -0.123. The van der Waals surface area contributed by atoms with E-state index in [1.165, 1.54) is 18.4 Å². The van der Waals surface area contributed by atoms with Crippen LogP contribution in [0.2, 0.25) is 0 Å². The molecule has 20 heavy (non-hydrogen) atoms. The third kappa shape index (κ3) is 3.01. The van der Waals surface area contributed by atoms with E-state index in [4.69, 9.17) is 11.6 Å². The number of hydrogen-bond acceptors (Lipinski definition) is 1. The summed E-state index contributed by atoms with van der Waals surface area (Å²) in [5.74, 6) is 1.96. The summed E-state index contributed by atoms with van der Waals surface area (Å²) < 4.78 is 0. The summed E-state index contributed by atoms with van der Waals surface area (Å²) in [4.78, 5) is 12.4. The van der Waals surface area contributed by atoms with Gasteiger partial charge in [-0.2, -0.15) is 0 Å². The van der Waals surface area contributed by atoms with Crippen molar-refractivity contribution in [1.29, 1.82) is 0 Å². The standard InChI is InChI=1S/C17H22ClNO/c18-11-13-8-4-5-9-16(13)19-17(20)15-10-14(15)12-6-2-1-3-7-12/h1-3,6-7,13-16H,4-5,8-11H2,(H,19,20). The average molecular weight is 292 g/mol. The van der Waals surface area contributed by atoms with Gasteiger partial charge >= 0.3 is 0 Å². The van der Waals surface area contributed by atoms with E-state index in [-0.39, 0.29) is 11.8 Å². The highest BCUT2D eigenvalue weighted by atomic mass is 35.5. The van der Waals surface area contributed by atoms with Gasteiger partial charge in [0.2, 0.25) is 5.91 Å². The van der Waals surface area contributed by atoms with Gasteiger partial charge in [0, 0.05) is 17.8 Å².